The van der Waals surface area contributed by atoms with Gasteiger partial charge in [0.15, 0.2) is 12.4 Å². The molecule has 0 unspecified atom stereocenters. The highest BCUT2D eigenvalue weighted by atomic mass is 79.9. The summed E-state index contributed by atoms with van der Waals surface area (Å²) in [6, 6.07) is 21.4. The number of hydrogen-bond acceptors (Lipinski definition) is 3. The van der Waals surface area contributed by atoms with Crippen LogP contribution in [0.3, 0.4) is 0 Å². The molecule has 0 saturated carbocycles. The van der Waals surface area contributed by atoms with E-state index in [2.05, 4.69) is 21.2 Å². The molecular weight excluding hydrogens is 406 g/mol. The number of halogens is 1. The third-order valence-corrected chi connectivity index (χ3v) is 4.47. The highest BCUT2D eigenvalue weighted by Gasteiger charge is 2.09. The van der Waals surface area contributed by atoms with Crippen molar-refractivity contribution in [3.05, 3.63) is 94.0 Å². The molecule has 5 heteroatoms. The first kappa shape index (κ1) is 18.9. The summed E-state index contributed by atoms with van der Waals surface area (Å²) < 4.78 is 6.50. The lowest BCUT2D eigenvalue weighted by atomic mass is 10.1. The average Bonchev–Trinajstić information content (AvgIpc) is 2.67. The first-order chi connectivity index (χ1) is 13.0. The summed E-state index contributed by atoms with van der Waals surface area (Å²) in [5.74, 6) is 0.205. The van der Waals surface area contributed by atoms with Crippen LogP contribution < -0.4 is 10.1 Å². The number of ketones is 1. The number of benzene rings is 3. The first-order valence-corrected chi connectivity index (χ1v) is 9.20. The summed E-state index contributed by atoms with van der Waals surface area (Å²) in [6.07, 6.45) is 0. The van der Waals surface area contributed by atoms with E-state index in [9.17, 15) is 9.59 Å². The van der Waals surface area contributed by atoms with Crippen molar-refractivity contribution in [3.63, 3.8) is 0 Å². The van der Waals surface area contributed by atoms with E-state index < -0.39 is 0 Å². The van der Waals surface area contributed by atoms with Crippen molar-refractivity contribution in [2.45, 2.75) is 6.92 Å². The van der Waals surface area contributed by atoms with E-state index in [1.165, 1.54) is 0 Å². The largest absolute Gasteiger partial charge is 0.485 e. The van der Waals surface area contributed by atoms with E-state index in [4.69, 9.17) is 4.74 Å². The molecule has 0 aliphatic rings. The molecule has 0 aliphatic carbocycles. The van der Waals surface area contributed by atoms with E-state index in [0.29, 0.717) is 22.6 Å². The van der Waals surface area contributed by atoms with Crippen LogP contribution in [0.25, 0.3) is 0 Å². The number of anilines is 1. The summed E-state index contributed by atoms with van der Waals surface area (Å²) >= 11 is 3.34. The SMILES string of the molecule is Cc1ccc(C(=O)Nc2cccc(OCC(=O)c3ccc(Br)cc3)c2)cc1. The molecule has 0 radical (unpaired) electrons. The van der Waals surface area contributed by atoms with Gasteiger partial charge in [-0.2, -0.15) is 0 Å². The minimum Gasteiger partial charge on any atom is -0.485 e. The zero-order valence-corrected chi connectivity index (χ0v) is 16.3. The summed E-state index contributed by atoms with van der Waals surface area (Å²) in [5, 5.41) is 2.83. The Morgan fingerprint density at radius 3 is 2.30 bits per heavy atom. The molecule has 136 valence electrons. The quantitative estimate of drug-likeness (QED) is 0.549. The van der Waals surface area contributed by atoms with Gasteiger partial charge in [-0.1, -0.05) is 51.8 Å². The lowest BCUT2D eigenvalue weighted by molar-refractivity contribution is 0.0920. The molecule has 0 aromatic heterocycles. The topological polar surface area (TPSA) is 55.4 Å². The normalized spacial score (nSPS) is 10.3. The van der Waals surface area contributed by atoms with Crippen molar-refractivity contribution in [2.24, 2.45) is 0 Å². The average molecular weight is 424 g/mol. The predicted octanol–water partition coefficient (Wildman–Crippen LogP) is 5.27. The van der Waals surface area contributed by atoms with Crippen LogP contribution in [0.4, 0.5) is 5.69 Å². The van der Waals surface area contributed by atoms with Crippen LogP contribution in [-0.2, 0) is 0 Å². The van der Waals surface area contributed by atoms with Gasteiger partial charge in [-0.3, -0.25) is 9.59 Å². The standard InChI is InChI=1S/C22H18BrNO3/c1-15-5-7-17(8-6-15)22(26)24-19-3-2-4-20(13-19)27-14-21(25)16-9-11-18(23)12-10-16/h2-13H,14H2,1H3,(H,24,26). The Morgan fingerprint density at radius 2 is 1.59 bits per heavy atom. The summed E-state index contributed by atoms with van der Waals surface area (Å²) in [4.78, 5) is 24.5. The fourth-order valence-corrected chi connectivity index (χ4v) is 2.70. The van der Waals surface area contributed by atoms with Crippen molar-refractivity contribution in [2.75, 3.05) is 11.9 Å². The van der Waals surface area contributed by atoms with E-state index >= 15 is 0 Å². The van der Waals surface area contributed by atoms with Gasteiger partial charge in [0.05, 0.1) is 0 Å². The highest BCUT2D eigenvalue weighted by Crippen LogP contribution is 2.19. The smallest absolute Gasteiger partial charge is 0.255 e. The molecule has 0 atom stereocenters. The van der Waals surface area contributed by atoms with Crippen LogP contribution in [0.5, 0.6) is 5.75 Å². The Hall–Kier alpha value is -2.92. The van der Waals surface area contributed by atoms with Gasteiger partial charge in [-0.25, -0.2) is 0 Å². The maximum absolute atomic E-state index is 12.3. The second kappa shape index (κ2) is 8.64. The lowest BCUT2D eigenvalue weighted by Crippen LogP contribution is -2.13. The van der Waals surface area contributed by atoms with Crippen molar-refractivity contribution < 1.29 is 14.3 Å². The van der Waals surface area contributed by atoms with E-state index in [0.717, 1.165) is 10.0 Å². The maximum Gasteiger partial charge on any atom is 0.255 e. The van der Waals surface area contributed by atoms with Crippen LogP contribution in [0.15, 0.2) is 77.3 Å². The van der Waals surface area contributed by atoms with E-state index in [1.54, 1.807) is 48.5 Å². The Balaban J connectivity index is 1.61. The number of aryl methyl sites for hydroxylation is 1. The van der Waals surface area contributed by atoms with Crippen molar-refractivity contribution in [3.8, 4) is 5.75 Å². The van der Waals surface area contributed by atoms with Gasteiger partial charge in [0.1, 0.15) is 5.75 Å². The van der Waals surface area contributed by atoms with Gasteiger partial charge in [-0.05, 0) is 43.3 Å². The third kappa shape index (κ3) is 5.28. The fourth-order valence-electron chi connectivity index (χ4n) is 2.44. The van der Waals surface area contributed by atoms with Gasteiger partial charge < -0.3 is 10.1 Å². The molecule has 3 aromatic carbocycles. The number of carbonyl (C=O) groups excluding carboxylic acids is 2. The minimum absolute atomic E-state index is 0.0724. The molecule has 4 nitrogen and oxygen atoms in total. The molecular formula is C22H18BrNO3. The van der Waals surface area contributed by atoms with Crippen molar-refractivity contribution in [1.82, 2.24) is 0 Å². The van der Waals surface area contributed by atoms with Gasteiger partial charge in [-0.15, -0.1) is 0 Å². The van der Waals surface area contributed by atoms with Crippen LogP contribution in [0.2, 0.25) is 0 Å². The Morgan fingerprint density at radius 1 is 0.926 bits per heavy atom. The first-order valence-electron chi connectivity index (χ1n) is 8.41. The Labute approximate surface area is 166 Å². The molecule has 3 rings (SSSR count). The molecule has 0 heterocycles. The second-order valence-corrected chi connectivity index (χ2v) is 6.98. The summed E-state index contributed by atoms with van der Waals surface area (Å²) in [6.45, 7) is 1.90. The zero-order valence-electron chi connectivity index (χ0n) is 14.7. The van der Waals surface area contributed by atoms with Crippen molar-refractivity contribution in [1.29, 1.82) is 0 Å². The number of nitrogens with one attached hydrogen (secondary N) is 1. The lowest BCUT2D eigenvalue weighted by Gasteiger charge is -2.09. The number of hydrogen-bond donors (Lipinski definition) is 1. The molecule has 0 bridgehead atoms. The zero-order chi connectivity index (χ0) is 19.2. The summed E-state index contributed by atoms with van der Waals surface area (Å²) in [7, 11) is 0. The molecule has 3 aromatic rings. The number of rotatable bonds is 6. The van der Waals surface area contributed by atoms with Gasteiger partial charge >= 0.3 is 0 Å². The molecule has 0 fully saturated rings. The number of amides is 1. The molecule has 0 saturated heterocycles. The second-order valence-electron chi connectivity index (χ2n) is 6.07. The number of carbonyl (C=O) groups is 2. The van der Waals surface area contributed by atoms with Crippen LogP contribution in [0.1, 0.15) is 26.3 Å². The maximum atomic E-state index is 12.3. The van der Waals surface area contributed by atoms with Gasteiger partial charge in [0, 0.05) is 27.4 Å². The molecule has 27 heavy (non-hydrogen) atoms. The summed E-state index contributed by atoms with van der Waals surface area (Å²) in [5.41, 5.74) is 2.87. The van der Waals surface area contributed by atoms with E-state index in [-0.39, 0.29) is 18.3 Å². The van der Waals surface area contributed by atoms with Crippen LogP contribution >= 0.6 is 15.9 Å². The van der Waals surface area contributed by atoms with Crippen LogP contribution in [-0.4, -0.2) is 18.3 Å². The van der Waals surface area contributed by atoms with Gasteiger partial charge in [0.2, 0.25) is 0 Å². The number of Topliss-reactive ketones (excluding diaryl/α,β-unsaturated/α-hetero) is 1. The molecule has 0 spiro atoms. The minimum atomic E-state index is -0.196. The highest BCUT2D eigenvalue weighted by molar-refractivity contribution is 9.10. The monoisotopic (exact) mass is 423 g/mol. The number of ether oxygens (including phenoxy) is 1. The van der Waals surface area contributed by atoms with E-state index in [1.807, 2.05) is 31.2 Å². The van der Waals surface area contributed by atoms with Gasteiger partial charge in [0.25, 0.3) is 5.91 Å². The fraction of sp³-hybridized carbons (Fsp3) is 0.0909. The Kier molecular flexibility index (Phi) is 6.04. The van der Waals surface area contributed by atoms with Crippen molar-refractivity contribution >= 4 is 33.3 Å². The third-order valence-electron chi connectivity index (χ3n) is 3.94. The molecule has 1 amide bonds. The molecule has 1 N–H and O–H groups in total. The van der Waals surface area contributed by atoms with Crippen LogP contribution in [0, 0.1) is 6.92 Å². The Bertz CT molecular complexity index is 950. The molecule has 0 aliphatic heterocycles. The predicted molar refractivity (Wildman–Crippen MR) is 110 cm³/mol.